The summed E-state index contributed by atoms with van der Waals surface area (Å²) in [4.78, 5) is 7.22. The minimum absolute atomic E-state index is 1.02. The quantitative estimate of drug-likeness (QED) is 0.879. The lowest BCUT2D eigenvalue weighted by molar-refractivity contribution is 0.724. The third-order valence-corrected chi connectivity index (χ3v) is 3.89. The molecule has 1 aromatic heterocycles. The van der Waals surface area contributed by atoms with E-state index in [-0.39, 0.29) is 0 Å². The van der Waals surface area contributed by atoms with E-state index in [0.717, 1.165) is 37.7 Å². The molecule has 2 heterocycles. The average molecular weight is 270 g/mol. The molecule has 4 heteroatoms. The van der Waals surface area contributed by atoms with Gasteiger partial charge in [0.05, 0.1) is 0 Å². The molecule has 1 aromatic carbocycles. The van der Waals surface area contributed by atoms with Gasteiger partial charge in [0.25, 0.3) is 0 Å². The van der Waals surface area contributed by atoms with Crippen molar-refractivity contribution >= 4 is 22.3 Å². The lowest BCUT2D eigenvalue weighted by atomic mass is 10.1. The zero-order valence-corrected chi connectivity index (χ0v) is 12.2. The van der Waals surface area contributed by atoms with Crippen LogP contribution in [0.4, 0.5) is 11.5 Å². The van der Waals surface area contributed by atoms with Crippen LogP contribution in [-0.2, 0) is 0 Å². The summed E-state index contributed by atoms with van der Waals surface area (Å²) in [6.45, 7) is 6.30. The first-order valence-electron chi connectivity index (χ1n) is 7.33. The molecule has 1 aliphatic rings. The average Bonchev–Trinajstić information content (AvgIpc) is 2.74. The van der Waals surface area contributed by atoms with E-state index in [1.165, 1.54) is 22.9 Å². The van der Waals surface area contributed by atoms with Crippen molar-refractivity contribution in [3.05, 3.63) is 30.0 Å². The summed E-state index contributed by atoms with van der Waals surface area (Å²) in [6, 6.07) is 8.57. The predicted octanol–water partition coefficient (Wildman–Crippen LogP) is 2.38. The van der Waals surface area contributed by atoms with Crippen molar-refractivity contribution in [1.29, 1.82) is 0 Å². The van der Waals surface area contributed by atoms with E-state index in [9.17, 15) is 0 Å². The maximum absolute atomic E-state index is 4.81. The Bertz CT molecular complexity index is 601. The molecule has 2 N–H and O–H groups in total. The molecular weight excluding hydrogens is 248 g/mol. The molecule has 0 atom stereocenters. The van der Waals surface area contributed by atoms with Gasteiger partial charge in [-0.25, -0.2) is 4.98 Å². The summed E-state index contributed by atoms with van der Waals surface area (Å²) in [5.74, 6) is 1.13. The third kappa shape index (κ3) is 2.43. The number of nitrogens with zero attached hydrogens (tertiary/aromatic N) is 2. The summed E-state index contributed by atoms with van der Waals surface area (Å²) in [5, 5.41) is 9.23. The Balaban J connectivity index is 2.13. The predicted molar refractivity (Wildman–Crippen MR) is 85.7 cm³/mol. The van der Waals surface area contributed by atoms with Crippen LogP contribution in [0.3, 0.4) is 0 Å². The van der Waals surface area contributed by atoms with Crippen LogP contribution in [-0.4, -0.2) is 38.2 Å². The van der Waals surface area contributed by atoms with Crippen LogP contribution in [0.15, 0.2) is 24.3 Å². The molecule has 0 radical (unpaired) electrons. The highest BCUT2D eigenvalue weighted by Crippen LogP contribution is 2.30. The molecular formula is C16H22N4. The zero-order chi connectivity index (χ0) is 13.9. The number of hydrogen-bond donors (Lipinski definition) is 2. The van der Waals surface area contributed by atoms with Gasteiger partial charge in [-0.3, -0.25) is 0 Å². The van der Waals surface area contributed by atoms with Crippen LogP contribution in [0.25, 0.3) is 10.8 Å². The molecule has 1 saturated heterocycles. The molecule has 20 heavy (non-hydrogen) atoms. The fraction of sp³-hybridized carbons (Fsp3) is 0.438. The van der Waals surface area contributed by atoms with Gasteiger partial charge in [0.1, 0.15) is 5.82 Å². The van der Waals surface area contributed by atoms with Gasteiger partial charge in [-0.05, 0) is 32.0 Å². The number of anilines is 2. The van der Waals surface area contributed by atoms with E-state index < -0.39 is 0 Å². The van der Waals surface area contributed by atoms with E-state index in [1.807, 2.05) is 7.05 Å². The van der Waals surface area contributed by atoms with Crippen molar-refractivity contribution in [3.8, 4) is 0 Å². The van der Waals surface area contributed by atoms with E-state index in [2.05, 4.69) is 46.7 Å². The Morgan fingerprint density at radius 3 is 2.95 bits per heavy atom. The van der Waals surface area contributed by atoms with Crippen molar-refractivity contribution in [2.24, 2.45) is 0 Å². The van der Waals surface area contributed by atoms with Crippen LogP contribution in [0.2, 0.25) is 0 Å². The van der Waals surface area contributed by atoms with Gasteiger partial charge < -0.3 is 15.5 Å². The number of hydrogen-bond acceptors (Lipinski definition) is 4. The van der Waals surface area contributed by atoms with Crippen LogP contribution in [0.5, 0.6) is 0 Å². The molecule has 0 bridgehead atoms. The van der Waals surface area contributed by atoms with Gasteiger partial charge in [0, 0.05) is 48.8 Å². The summed E-state index contributed by atoms with van der Waals surface area (Å²) < 4.78 is 0. The van der Waals surface area contributed by atoms with Crippen LogP contribution >= 0.6 is 0 Å². The smallest absolute Gasteiger partial charge is 0.136 e. The highest BCUT2D eigenvalue weighted by molar-refractivity contribution is 6.00. The Kier molecular flexibility index (Phi) is 3.74. The van der Waals surface area contributed by atoms with Gasteiger partial charge >= 0.3 is 0 Å². The molecule has 2 aromatic rings. The van der Waals surface area contributed by atoms with Crippen molar-refractivity contribution in [2.75, 3.05) is 43.4 Å². The van der Waals surface area contributed by atoms with Gasteiger partial charge in [0.15, 0.2) is 0 Å². The van der Waals surface area contributed by atoms with Gasteiger partial charge in [-0.2, -0.15) is 0 Å². The number of benzene rings is 1. The summed E-state index contributed by atoms with van der Waals surface area (Å²) in [6.07, 6.45) is 1.17. The molecule has 1 fully saturated rings. The van der Waals surface area contributed by atoms with Gasteiger partial charge in [0.2, 0.25) is 0 Å². The molecule has 3 rings (SSSR count). The molecule has 0 aliphatic carbocycles. The fourth-order valence-corrected chi connectivity index (χ4v) is 2.90. The van der Waals surface area contributed by atoms with Crippen LogP contribution in [0, 0.1) is 6.92 Å². The second-order valence-electron chi connectivity index (χ2n) is 5.33. The molecule has 0 spiro atoms. The standard InChI is InChI=1S/C16H22N4/c1-12-11-14-13(5-3-6-15(14)17-2)16(19-12)20-9-4-7-18-8-10-20/h3,5-6,11,17-18H,4,7-10H2,1-2H3. The first-order valence-corrected chi connectivity index (χ1v) is 7.33. The van der Waals surface area contributed by atoms with E-state index >= 15 is 0 Å². The Hall–Kier alpha value is -1.81. The molecule has 106 valence electrons. The summed E-state index contributed by atoms with van der Waals surface area (Å²) in [5.41, 5.74) is 2.25. The topological polar surface area (TPSA) is 40.2 Å². The lowest BCUT2D eigenvalue weighted by Crippen LogP contribution is -2.28. The maximum Gasteiger partial charge on any atom is 0.136 e. The second-order valence-corrected chi connectivity index (χ2v) is 5.33. The monoisotopic (exact) mass is 270 g/mol. The molecule has 0 saturated carbocycles. The van der Waals surface area contributed by atoms with Crippen molar-refractivity contribution in [3.63, 3.8) is 0 Å². The SMILES string of the molecule is CNc1cccc2c(N3CCCNCC3)nc(C)cc12. The first kappa shape index (κ1) is 13.2. The third-order valence-electron chi connectivity index (χ3n) is 3.89. The zero-order valence-electron chi connectivity index (χ0n) is 12.2. The number of rotatable bonds is 2. The largest absolute Gasteiger partial charge is 0.388 e. The summed E-state index contributed by atoms with van der Waals surface area (Å²) in [7, 11) is 1.97. The highest BCUT2D eigenvalue weighted by atomic mass is 15.2. The minimum atomic E-state index is 1.02. The number of nitrogens with one attached hydrogen (secondary N) is 2. The first-order chi connectivity index (χ1) is 9.79. The Labute approximate surface area is 120 Å². The van der Waals surface area contributed by atoms with Crippen molar-refractivity contribution in [1.82, 2.24) is 10.3 Å². The maximum atomic E-state index is 4.81. The molecule has 0 amide bonds. The molecule has 1 aliphatic heterocycles. The fourth-order valence-electron chi connectivity index (χ4n) is 2.90. The minimum Gasteiger partial charge on any atom is -0.388 e. The van der Waals surface area contributed by atoms with Gasteiger partial charge in [-0.1, -0.05) is 12.1 Å². The summed E-state index contributed by atoms with van der Waals surface area (Å²) >= 11 is 0. The number of fused-ring (bicyclic) bond motifs is 1. The van der Waals surface area contributed by atoms with Crippen molar-refractivity contribution < 1.29 is 0 Å². The normalized spacial score (nSPS) is 16.2. The lowest BCUT2D eigenvalue weighted by Gasteiger charge is -2.23. The van der Waals surface area contributed by atoms with Crippen LogP contribution < -0.4 is 15.5 Å². The van der Waals surface area contributed by atoms with E-state index in [0.29, 0.717) is 0 Å². The number of pyridine rings is 1. The van der Waals surface area contributed by atoms with Gasteiger partial charge in [-0.15, -0.1) is 0 Å². The Morgan fingerprint density at radius 1 is 1.20 bits per heavy atom. The molecule has 0 unspecified atom stereocenters. The van der Waals surface area contributed by atoms with E-state index in [4.69, 9.17) is 4.98 Å². The second kappa shape index (κ2) is 5.67. The highest BCUT2D eigenvalue weighted by Gasteiger charge is 2.15. The molecule has 4 nitrogen and oxygen atoms in total. The number of aryl methyl sites for hydroxylation is 1. The van der Waals surface area contributed by atoms with E-state index in [1.54, 1.807) is 0 Å². The van der Waals surface area contributed by atoms with Crippen LogP contribution in [0.1, 0.15) is 12.1 Å². The van der Waals surface area contributed by atoms with Crippen molar-refractivity contribution in [2.45, 2.75) is 13.3 Å². The number of aromatic nitrogens is 1. The Morgan fingerprint density at radius 2 is 2.10 bits per heavy atom.